The van der Waals surface area contributed by atoms with E-state index in [4.69, 9.17) is 8.85 Å². The molecule has 1 saturated carbocycles. The fourth-order valence-corrected chi connectivity index (χ4v) is 5.61. The van der Waals surface area contributed by atoms with Gasteiger partial charge in [-0.15, -0.1) is 0 Å². The van der Waals surface area contributed by atoms with E-state index in [0.717, 1.165) is 56.3 Å². The van der Waals surface area contributed by atoms with Gasteiger partial charge >= 0.3 is 0 Å². The van der Waals surface area contributed by atoms with E-state index in [1.54, 1.807) is 6.08 Å². The van der Waals surface area contributed by atoms with E-state index in [1.165, 1.54) is 11.1 Å². The Morgan fingerprint density at radius 2 is 1.12 bits per heavy atom. The van der Waals surface area contributed by atoms with Crippen molar-refractivity contribution in [3.05, 3.63) is 76.9 Å². The Morgan fingerprint density at radius 1 is 0.732 bits per heavy atom. The van der Waals surface area contributed by atoms with Crippen LogP contribution in [0.25, 0.3) is 6.08 Å². The Labute approximate surface area is 252 Å². The molecule has 3 rings (SSSR count). The van der Waals surface area contributed by atoms with Crippen LogP contribution in [-0.2, 0) is 26.5 Å². The van der Waals surface area contributed by atoms with Gasteiger partial charge in [0.05, 0.1) is 0 Å². The average molecular weight is 595 g/mol. The summed E-state index contributed by atoms with van der Waals surface area (Å²) in [7, 11) is -3.28. The third-order valence-electron chi connectivity index (χ3n) is 8.83. The minimum atomic E-state index is -1.65. The predicted molar refractivity (Wildman–Crippen MR) is 179 cm³/mol. The van der Waals surface area contributed by atoms with Crippen LogP contribution in [0.2, 0.25) is 36.3 Å². The summed E-state index contributed by atoms with van der Waals surface area (Å²) in [5.41, 5.74) is 4.32. The number of hydrogen-bond acceptors (Lipinski definition) is 4. The number of rotatable bonds is 12. The Hall–Kier alpha value is -2.13. The fourth-order valence-electron chi connectivity index (χ4n) is 3.52. The second kappa shape index (κ2) is 14.9. The molecule has 0 aromatic heterocycles. The first kappa shape index (κ1) is 35.1. The molecule has 0 aliphatic heterocycles. The van der Waals surface area contributed by atoms with Crippen LogP contribution in [0.5, 0.6) is 0 Å². The summed E-state index contributed by atoms with van der Waals surface area (Å²) in [4.78, 5) is 22.2. The molecule has 2 aromatic rings. The van der Waals surface area contributed by atoms with E-state index in [2.05, 4.69) is 92.0 Å². The summed E-state index contributed by atoms with van der Waals surface area (Å²) in [5, 5.41) is 0.518. The normalized spacial score (nSPS) is 14.5. The van der Waals surface area contributed by atoms with Gasteiger partial charge in [-0.25, -0.2) is 0 Å². The van der Waals surface area contributed by atoms with Gasteiger partial charge in [-0.3, -0.25) is 9.59 Å². The summed E-state index contributed by atoms with van der Waals surface area (Å²) < 4.78 is 12.3. The van der Waals surface area contributed by atoms with Crippen molar-refractivity contribution in [2.75, 3.05) is 13.2 Å². The average Bonchev–Trinajstić information content (AvgIpc) is 3.73. The van der Waals surface area contributed by atoms with Crippen molar-refractivity contribution in [2.45, 2.75) is 103 Å². The molecule has 0 spiro atoms. The van der Waals surface area contributed by atoms with Crippen LogP contribution in [0, 0.1) is 5.92 Å². The second-order valence-electron chi connectivity index (χ2n) is 14.3. The van der Waals surface area contributed by atoms with Crippen LogP contribution in [0.1, 0.15) is 81.4 Å². The molecule has 41 heavy (non-hydrogen) atoms. The molecule has 6 heteroatoms. The highest BCUT2D eigenvalue weighted by atomic mass is 28.4. The number of allylic oxidation sites excluding steroid dienone is 1. The van der Waals surface area contributed by atoms with E-state index in [-0.39, 0.29) is 15.9 Å². The van der Waals surface area contributed by atoms with Gasteiger partial charge in [-0.05, 0) is 84.7 Å². The molecule has 1 aliphatic rings. The van der Waals surface area contributed by atoms with Gasteiger partial charge in [0.25, 0.3) is 0 Å². The zero-order chi connectivity index (χ0) is 30.9. The predicted octanol–water partition coefficient (Wildman–Crippen LogP) is 9.31. The third kappa shape index (κ3) is 11.9. The van der Waals surface area contributed by atoms with Gasteiger partial charge in [0.1, 0.15) is 6.29 Å². The largest absolute Gasteiger partial charge is 0.416 e. The standard InChI is InChI=1S/C20H30O2Si.C15H24O2Si/c1-20(2,3)23(4,5)22-15-14-17-8-6-16(7-9-17)10-13-19(21)18-11-12-18;1-15(2,3)18(4,5)17-11-10-13-6-8-14(12-16)9-7-13/h6-10,13,18H,11-12,14-15H2,1-5H3;6-9,12H,10-11H2,1-5H3/b13-10+;. The van der Waals surface area contributed by atoms with Crippen molar-refractivity contribution in [1.82, 2.24) is 0 Å². The van der Waals surface area contributed by atoms with Crippen molar-refractivity contribution < 1.29 is 18.4 Å². The highest BCUT2D eigenvalue weighted by Gasteiger charge is 2.37. The van der Waals surface area contributed by atoms with Gasteiger partial charge in [0, 0.05) is 24.7 Å². The van der Waals surface area contributed by atoms with Crippen molar-refractivity contribution in [2.24, 2.45) is 5.92 Å². The lowest BCUT2D eigenvalue weighted by Gasteiger charge is -2.36. The highest BCUT2D eigenvalue weighted by molar-refractivity contribution is 6.74. The third-order valence-corrected chi connectivity index (χ3v) is 17.9. The molecule has 0 saturated heterocycles. The van der Waals surface area contributed by atoms with Crippen molar-refractivity contribution in [1.29, 1.82) is 0 Å². The lowest BCUT2D eigenvalue weighted by molar-refractivity contribution is -0.115. The zero-order valence-electron chi connectivity index (χ0n) is 27.3. The molecule has 0 atom stereocenters. The first-order chi connectivity index (χ1) is 18.9. The lowest BCUT2D eigenvalue weighted by Crippen LogP contribution is -2.41. The first-order valence-corrected chi connectivity index (χ1v) is 20.9. The molecule has 2 aromatic carbocycles. The molecular formula is C35H54O4Si2. The molecule has 0 bridgehead atoms. The fraction of sp³-hybridized carbons (Fsp3) is 0.543. The van der Waals surface area contributed by atoms with Gasteiger partial charge in [-0.2, -0.15) is 0 Å². The number of carbonyl (C=O) groups is 2. The Kier molecular flexibility index (Phi) is 12.7. The van der Waals surface area contributed by atoms with E-state index in [9.17, 15) is 9.59 Å². The second-order valence-corrected chi connectivity index (χ2v) is 23.9. The molecule has 0 heterocycles. The molecule has 0 radical (unpaired) electrons. The van der Waals surface area contributed by atoms with Crippen LogP contribution >= 0.6 is 0 Å². The van der Waals surface area contributed by atoms with Crippen molar-refractivity contribution >= 4 is 34.8 Å². The minimum Gasteiger partial charge on any atom is -0.416 e. The number of aldehydes is 1. The smallest absolute Gasteiger partial charge is 0.191 e. The number of carbonyl (C=O) groups excluding carboxylic acids is 2. The number of hydrogen-bond donors (Lipinski definition) is 0. The quantitative estimate of drug-likeness (QED) is 0.140. The monoisotopic (exact) mass is 594 g/mol. The van der Waals surface area contributed by atoms with Gasteiger partial charge in [0.2, 0.25) is 0 Å². The Morgan fingerprint density at radius 3 is 1.46 bits per heavy atom. The van der Waals surface area contributed by atoms with Gasteiger partial charge in [-0.1, -0.05) is 96.1 Å². The van der Waals surface area contributed by atoms with E-state index >= 15 is 0 Å². The molecule has 1 fully saturated rings. The summed E-state index contributed by atoms with van der Waals surface area (Å²) >= 11 is 0. The molecular weight excluding hydrogens is 541 g/mol. The SMILES string of the molecule is CC(C)(C)[Si](C)(C)OCCc1ccc(/C=C/C(=O)C2CC2)cc1.CC(C)(C)[Si](C)(C)OCCc1ccc(C=O)cc1. The van der Waals surface area contributed by atoms with Crippen molar-refractivity contribution in [3.8, 4) is 0 Å². The number of ketones is 1. The molecule has 226 valence electrons. The lowest BCUT2D eigenvalue weighted by atomic mass is 10.1. The maximum Gasteiger partial charge on any atom is 0.191 e. The number of benzene rings is 2. The maximum atomic E-state index is 11.7. The Bertz CT molecular complexity index is 1130. The zero-order valence-corrected chi connectivity index (χ0v) is 29.3. The van der Waals surface area contributed by atoms with Crippen LogP contribution < -0.4 is 0 Å². The van der Waals surface area contributed by atoms with E-state index in [1.807, 2.05) is 30.3 Å². The van der Waals surface area contributed by atoms with Crippen LogP contribution in [0.3, 0.4) is 0 Å². The molecule has 1 aliphatic carbocycles. The van der Waals surface area contributed by atoms with E-state index in [0.29, 0.717) is 5.92 Å². The van der Waals surface area contributed by atoms with Gasteiger partial charge < -0.3 is 8.85 Å². The molecule has 0 amide bonds. The summed E-state index contributed by atoms with van der Waals surface area (Å²) in [6.45, 7) is 24.2. The molecule has 0 unspecified atom stereocenters. The van der Waals surface area contributed by atoms with Gasteiger partial charge in [0.15, 0.2) is 22.4 Å². The summed E-state index contributed by atoms with van der Waals surface area (Å²) in [6.07, 6.45) is 8.51. The van der Waals surface area contributed by atoms with Crippen LogP contribution in [0.15, 0.2) is 54.6 Å². The molecule has 4 nitrogen and oxygen atoms in total. The highest BCUT2D eigenvalue weighted by Crippen LogP contribution is 2.37. The first-order valence-electron chi connectivity index (χ1n) is 15.1. The van der Waals surface area contributed by atoms with E-state index < -0.39 is 16.6 Å². The summed E-state index contributed by atoms with van der Waals surface area (Å²) in [6, 6.07) is 16.1. The van der Waals surface area contributed by atoms with Crippen LogP contribution in [0.4, 0.5) is 0 Å². The van der Waals surface area contributed by atoms with Crippen molar-refractivity contribution in [3.63, 3.8) is 0 Å². The Balaban J connectivity index is 0.000000296. The van der Waals surface area contributed by atoms with Crippen LogP contribution in [-0.4, -0.2) is 41.9 Å². The topological polar surface area (TPSA) is 52.6 Å². The summed E-state index contributed by atoms with van der Waals surface area (Å²) in [5.74, 6) is 0.579. The molecule has 0 N–H and O–H groups in total. The minimum absolute atomic E-state index is 0.258. The maximum absolute atomic E-state index is 11.7.